The Balaban J connectivity index is 1.26. The largest absolute Gasteiger partial charge is 0.473 e. The van der Waals surface area contributed by atoms with Gasteiger partial charge in [0.25, 0.3) is 5.91 Å². The molecule has 0 atom stereocenters. The van der Waals surface area contributed by atoms with Crippen LogP contribution >= 0.6 is 22.9 Å². The number of nitrogens with one attached hydrogen (secondary N) is 1. The third-order valence-corrected chi connectivity index (χ3v) is 6.79. The van der Waals surface area contributed by atoms with E-state index in [1.807, 2.05) is 30.3 Å². The summed E-state index contributed by atoms with van der Waals surface area (Å²) in [5.41, 5.74) is 4.26. The molecule has 1 N–H and O–H groups in total. The summed E-state index contributed by atoms with van der Waals surface area (Å²) in [6.45, 7) is 3.41. The Hall–Kier alpha value is -3.00. The number of aryl methyl sites for hydroxylation is 1. The summed E-state index contributed by atoms with van der Waals surface area (Å²) in [7, 11) is 0. The zero-order valence-electron chi connectivity index (χ0n) is 18.0. The first-order chi connectivity index (χ1) is 16.0. The number of halogens is 1. The minimum absolute atomic E-state index is 0.0291. The van der Waals surface area contributed by atoms with E-state index in [9.17, 15) is 4.79 Å². The molecule has 168 valence electrons. The fourth-order valence-electron chi connectivity index (χ4n) is 3.64. The average molecular weight is 480 g/mol. The van der Waals surface area contributed by atoms with E-state index >= 15 is 0 Å². The second-order valence-electron chi connectivity index (χ2n) is 7.96. The van der Waals surface area contributed by atoms with Gasteiger partial charge in [-0.05, 0) is 55.0 Å². The van der Waals surface area contributed by atoms with Crippen LogP contribution in [0, 0.1) is 6.92 Å². The number of rotatable bonds is 5. The molecular weight excluding hydrogens is 458 g/mol. The lowest BCUT2D eigenvalue weighted by Gasteiger charge is -2.23. The topological polar surface area (TPSA) is 73.3 Å². The summed E-state index contributed by atoms with van der Waals surface area (Å²) in [5.74, 6) is 0.0562. The SMILES string of the molecule is Cc1ccc2nc(-c3ccc(NC(=O)c4cnc(OC5CCOCC5)c(Cl)c4)cc3)sc2c1. The van der Waals surface area contributed by atoms with Crippen LogP contribution in [0.3, 0.4) is 0 Å². The molecule has 6 nitrogen and oxygen atoms in total. The first-order valence-corrected chi connectivity index (χ1v) is 11.9. The number of carbonyl (C=O) groups is 1. The zero-order valence-corrected chi connectivity index (χ0v) is 19.6. The van der Waals surface area contributed by atoms with Crippen molar-refractivity contribution in [2.24, 2.45) is 0 Å². The van der Waals surface area contributed by atoms with Crippen molar-refractivity contribution in [3.8, 4) is 16.5 Å². The Bertz CT molecular complexity index is 1300. The molecule has 0 spiro atoms. The summed E-state index contributed by atoms with van der Waals surface area (Å²) in [4.78, 5) is 21.7. The molecule has 0 radical (unpaired) electrons. The van der Waals surface area contributed by atoms with E-state index in [-0.39, 0.29) is 12.0 Å². The Labute approximate surface area is 200 Å². The normalized spacial score (nSPS) is 14.4. The smallest absolute Gasteiger partial charge is 0.257 e. The van der Waals surface area contributed by atoms with Crippen LogP contribution in [0.5, 0.6) is 5.88 Å². The molecule has 1 fully saturated rings. The highest BCUT2D eigenvalue weighted by molar-refractivity contribution is 7.21. The Morgan fingerprint density at radius 2 is 1.94 bits per heavy atom. The third kappa shape index (κ3) is 5.00. The molecule has 1 aliphatic rings. The summed E-state index contributed by atoms with van der Waals surface area (Å²) < 4.78 is 12.4. The van der Waals surface area contributed by atoms with Crippen LogP contribution in [0.2, 0.25) is 5.02 Å². The molecule has 0 unspecified atom stereocenters. The Morgan fingerprint density at radius 3 is 2.70 bits per heavy atom. The number of carbonyl (C=O) groups excluding carboxylic acids is 1. The molecule has 0 aliphatic carbocycles. The molecule has 1 aliphatic heterocycles. The molecule has 8 heteroatoms. The van der Waals surface area contributed by atoms with Crippen molar-refractivity contribution in [2.75, 3.05) is 18.5 Å². The van der Waals surface area contributed by atoms with Gasteiger partial charge in [-0.15, -0.1) is 11.3 Å². The fraction of sp³-hybridized carbons (Fsp3) is 0.240. The van der Waals surface area contributed by atoms with Gasteiger partial charge in [0.1, 0.15) is 16.1 Å². The lowest BCUT2D eigenvalue weighted by Crippen LogP contribution is -2.26. The molecule has 1 saturated heterocycles. The van der Waals surface area contributed by atoms with Crippen molar-refractivity contribution in [1.82, 2.24) is 9.97 Å². The summed E-state index contributed by atoms with van der Waals surface area (Å²) in [5, 5.41) is 4.15. The number of hydrogen-bond donors (Lipinski definition) is 1. The Kier molecular flexibility index (Phi) is 6.26. The van der Waals surface area contributed by atoms with Crippen LogP contribution in [0.25, 0.3) is 20.8 Å². The van der Waals surface area contributed by atoms with Gasteiger partial charge < -0.3 is 14.8 Å². The van der Waals surface area contributed by atoms with Gasteiger partial charge in [0.15, 0.2) is 0 Å². The molecule has 3 heterocycles. The van der Waals surface area contributed by atoms with Gasteiger partial charge in [-0.3, -0.25) is 4.79 Å². The van der Waals surface area contributed by atoms with Crippen LogP contribution in [0.4, 0.5) is 5.69 Å². The number of nitrogens with zero attached hydrogens (tertiary/aromatic N) is 2. The van der Waals surface area contributed by atoms with E-state index in [1.165, 1.54) is 11.8 Å². The van der Waals surface area contributed by atoms with Crippen molar-refractivity contribution in [1.29, 1.82) is 0 Å². The van der Waals surface area contributed by atoms with E-state index in [0.717, 1.165) is 33.6 Å². The molecule has 33 heavy (non-hydrogen) atoms. The summed E-state index contributed by atoms with van der Waals surface area (Å²) in [6, 6.07) is 15.5. The van der Waals surface area contributed by atoms with Gasteiger partial charge in [0, 0.05) is 30.3 Å². The van der Waals surface area contributed by atoms with E-state index in [0.29, 0.717) is 35.4 Å². The van der Waals surface area contributed by atoms with Crippen LogP contribution in [0.15, 0.2) is 54.7 Å². The standard InChI is InChI=1S/C25H22ClN3O3S/c1-15-2-7-21-22(12-15)33-25(29-21)16-3-5-18(6-4-16)28-23(30)17-13-20(26)24(27-14-17)32-19-8-10-31-11-9-19/h2-7,12-14,19H,8-11H2,1H3,(H,28,30). The van der Waals surface area contributed by atoms with E-state index in [4.69, 9.17) is 26.1 Å². The quantitative estimate of drug-likeness (QED) is 0.372. The number of benzene rings is 2. The lowest BCUT2D eigenvalue weighted by molar-refractivity contribution is 0.0238. The highest BCUT2D eigenvalue weighted by Crippen LogP contribution is 2.31. The molecule has 0 saturated carbocycles. The second-order valence-corrected chi connectivity index (χ2v) is 9.40. The van der Waals surface area contributed by atoms with E-state index in [2.05, 4.69) is 29.4 Å². The van der Waals surface area contributed by atoms with Crippen molar-refractivity contribution in [3.05, 3.63) is 70.9 Å². The predicted molar refractivity (Wildman–Crippen MR) is 131 cm³/mol. The number of anilines is 1. The van der Waals surface area contributed by atoms with Crippen LogP contribution in [0.1, 0.15) is 28.8 Å². The molecule has 4 aromatic rings. The maximum absolute atomic E-state index is 12.7. The number of aromatic nitrogens is 2. The van der Waals surface area contributed by atoms with Gasteiger partial charge in [-0.1, -0.05) is 17.7 Å². The highest BCUT2D eigenvalue weighted by Gasteiger charge is 2.18. The zero-order chi connectivity index (χ0) is 22.8. The number of ether oxygens (including phenoxy) is 2. The molecule has 2 aromatic heterocycles. The lowest BCUT2D eigenvalue weighted by atomic mass is 10.1. The van der Waals surface area contributed by atoms with Gasteiger partial charge in [-0.2, -0.15) is 0 Å². The van der Waals surface area contributed by atoms with Crippen molar-refractivity contribution >= 4 is 44.7 Å². The molecule has 1 amide bonds. The second kappa shape index (κ2) is 9.47. The molecule has 5 rings (SSSR count). The van der Waals surface area contributed by atoms with Crippen LogP contribution in [-0.4, -0.2) is 35.2 Å². The van der Waals surface area contributed by atoms with Crippen LogP contribution in [-0.2, 0) is 4.74 Å². The number of fused-ring (bicyclic) bond motifs is 1. The van der Waals surface area contributed by atoms with Gasteiger partial charge in [0.05, 0.1) is 29.0 Å². The van der Waals surface area contributed by atoms with E-state index in [1.54, 1.807) is 17.4 Å². The maximum Gasteiger partial charge on any atom is 0.257 e. The fourth-order valence-corrected chi connectivity index (χ4v) is 4.92. The molecule has 2 aromatic carbocycles. The maximum atomic E-state index is 12.7. The first-order valence-electron chi connectivity index (χ1n) is 10.7. The minimum atomic E-state index is -0.287. The number of thiazole rings is 1. The van der Waals surface area contributed by atoms with Gasteiger partial charge in [0.2, 0.25) is 5.88 Å². The first kappa shape index (κ1) is 21.8. The molecule has 0 bridgehead atoms. The predicted octanol–water partition coefficient (Wildman–Crippen LogP) is 6.13. The molecular formula is C25H22ClN3O3S. The highest BCUT2D eigenvalue weighted by atomic mass is 35.5. The van der Waals surface area contributed by atoms with Crippen LogP contribution < -0.4 is 10.1 Å². The number of pyridine rings is 1. The summed E-state index contributed by atoms with van der Waals surface area (Å²) >= 11 is 7.98. The minimum Gasteiger partial charge on any atom is -0.473 e. The van der Waals surface area contributed by atoms with Gasteiger partial charge in [-0.25, -0.2) is 9.97 Å². The number of hydrogen-bond acceptors (Lipinski definition) is 6. The number of amides is 1. The van der Waals surface area contributed by atoms with Crippen molar-refractivity contribution in [3.63, 3.8) is 0 Å². The Morgan fingerprint density at radius 1 is 1.15 bits per heavy atom. The monoisotopic (exact) mass is 479 g/mol. The van der Waals surface area contributed by atoms with Gasteiger partial charge >= 0.3 is 0 Å². The van der Waals surface area contributed by atoms with Crippen molar-refractivity contribution < 1.29 is 14.3 Å². The van der Waals surface area contributed by atoms with Crippen molar-refractivity contribution in [2.45, 2.75) is 25.9 Å². The summed E-state index contributed by atoms with van der Waals surface area (Å²) in [6.07, 6.45) is 3.11. The third-order valence-electron chi connectivity index (χ3n) is 5.45. The average Bonchev–Trinajstić information content (AvgIpc) is 3.25. The van der Waals surface area contributed by atoms with E-state index < -0.39 is 0 Å².